The van der Waals surface area contributed by atoms with Crippen molar-refractivity contribution in [3.63, 3.8) is 0 Å². The molecular formula is C28H29FN2O2. The van der Waals surface area contributed by atoms with E-state index in [0.717, 1.165) is 29.8 Å². The van der Waals surface area contributed by atoms with Crippen LogP contribution in [0.4, 0.5) is 10.1 Å². The van der Waals surface area contributed by atoms with Crippen molar-refractivity contribution < 1.29 is 13.9 Å². The van der Waals surface area contributed by atoms with Gasteiger partial charge < -0.3 is 14.5 Å². The van der Waals surface area contributed by atoms with Gasteiger partial charge in [0.05, 0.1) is 7.11 Å². The molecule has 0 spiro atoms. The lowest BCUT2D eigenvalue weighted by Gasteiger charge is -2.35. The van der Waals surface area contributed by atoms with Gasteiger partial charge in [0.1, 0.15) is 11.6 Å². The van der Waals surface area contributed by atoms with E-state index in [0.29, 0.717) is 31.7 Å². The standard InChI is InChI=1S/C28H29FN2O2/c1-33-27-15-14-25(29)20-24(27)13-12-23(22-8-4-2-5-9-22)21-28(32)31-18-16-30(17-19-31)26-10-6-3-7-11-26/h2-11,14-15,20-21H,12-13,16-19H2,1H3/b23-21-. The van der Waals surface area contributed by atoms with E-state index in [1.807, 2.05) is 53.4 Å². The van der Waals surface area contributed by atoms with E-state index >= 15 is 0 Å². The van der Waals surface area contributed by atoms with Gasteiger partial charge in [-0.1, -0.05) is 48.5 Å². The fourth-order valence-corrected chi connectivity index (χ4v) is 4.23. The van der Waals surface area contributed by atoms with Crippen LogP contribution in [-0.2, 0) is 11.2 Å². The Kier molecular flexibility index (Phi) is 7.40. The Morgan fingerprint density at radius 3 is 2.27 bits per heavy atom. The minimum absolute atomic E-state index is 0.0211. The zero-order valence-electron chi connectivity index (χ0n) is 18.9. The van der Waals surface area contributed by atoms with Crippen molar-refractivity contribution in [1.29, 1.82) is 0 Å². The van der Waals surface area contributed by atoms with Gasteiger partial charge in [0.25, 0.3) is 0 Å². The first-order chi connectivity index (χ1) is 16.1. The third-order valence-corrected chi connectivity index (χ3v) is 6.06. The average Bonchev–Trinajstić information content (AvgIpc) is 2.87. The van der Waals surface area contributed by atoms with Crippen molar-refractivity contribution in [2.75, 3.05) is 38.2 Å². The highest BCUT2D eigenvalue weighted by molar-refractivity contribution is 5.95. The second kappa shape index (κ2) is 10.8. The summed E-state index contributed by atoms with van der Waals surface area (Å²) >= 11 is 0. The van der Waals surface area contributed by atoms with Crippen molar-refractivity contribution >= 4 is 17.2 Å². The second-order valence-corrected chi connectivity index (χ2v) is 8.14. The maximum atomic E-state index is 13.8. The second-order valence-electron chi connectivity index (χ2n) is 8.14. The molecule has 3 aromatic rings. The molecule has 4 nitrogen and oxygen atoms in total. The summed E-state index contributed by atoms with van der Waals surface area (Å²) in [7, 11) is 1.59. The third kappa shape index (κ3) is 5.80. The van der Waals surface area contributed by atoms with Crippen molar-refractivity contribution in [3.8, 4) is 5.75 Å². The van der Waals surface area contributed by atoms with Crippen LogP contribution in [0.3, 0.4) is 0 Å². The summed E-state index contributed by atoms with van der Waals surface area (Å²) in [6.45, 7) is 2.99. The number of carbonyl (C=O) groups is 1. The predicted octanol–water partition coefficient (Wildman–Crippen LogP) is 5.20. The summed E-state index contributed by atoms with van der Waals surface area (Å²) < 4.78 is 19.2. The Hall–Kier alpha value is -3.60. The summed E-state index contributed by atoms with van der Waals surface area (Å²) in [5.41, 5.74) is 3.93. The van der Waals surface area contributed by atoms with E-state index in [-0.39, 0.29) is 11.7 Å². The molecule has 0 saturated carbocycles. The van der Waals surface area contributed by atoms with Crippen LogP contribution in [0.2, 0.25) is 0 Å². The van der Waals surface area contributed by atoms with Gasteiger partial charge in [-0.2, -0.15) is 0 Å². The van der Waals surface area contributed by atoms with E-state index in [2.05, 4.69) is 17.0 Å². The Morgan fingerprint density at radius 2 is 1.61 bits per heavy atom. The molecule has 33 heavy (non-hydrogen) atoms. The van der Waals surface area contributed by atoms with Gasteiger partial charge in [-0.25, -0.2) is 4.39 Å². The Bertz CT molecular complexity index is 1090. The molecule has 4 rings (SSSR count). The number of halogens is 1. The molecule has 1 aliphatic rings. The van der Waals surface area contributed by atoms with Crippen LogP contribution in [0.5, 0.6) is 5.75 Å². The molecular weight excluding hydrogens is 415 g/mol. The SMILES string of the molecule is COc1ccc(F)cc1CC/C(=C/C(=O)N1CCN(c2ccccc2)CC1)c1ccccc1. The lowest BCUT2D eigenvalue weighted by molar-refractivity contribution is -0.126. The highest BCUT2D eigenvalue weighted by atomic mass is 19.1. The van der Waals surface area contributed by atoms with Crippen LogP contribution in [0.15, 0.2) is 84.9 Å². The van der Waals surface area contributed by atoms with Crippen LogP contribution in [0, 0.1) is 5.82 Å². The van der Waals surface area contributed by atoms with Crippen molar-refractivity contribution in [3.05, 3.63) is 102 Å². The first-order valence-corrected chi connectivity index (χ1v) is 11.3. The number of amides is 1. The van der Waals surface area contributed by atoms with Crippen LogP contribution in [-0.4, -0.2) is 44.1 Å². The predicted molar refractivity (Wildman–Crippen MR) is 131 cm³/mol. The Morgan fingerprint density at radius 1 is 0.939 bits per heavy atom. The zero-order valence-corrected chi connectivity index (χ0v) is 18.9. The highest BCUT2D eigenvalue weighted by Crippen LogP contribution is 2.26. The largest absolute Gasteiger partial charge is 0.496 e. The molecule has 0 aliphatic carbocycles. The van der Waals surface area contributed by atoms with E-state index in [1.165, 1.54) is 17.8 Å². The van der Waals surface area contributed by atoms with E-state index in [9.17, 15) is 9.18 Å². The number of hydrogen-bond donors (Lipinski definition) is 0. The topological polar surface area (TPSA) is 32.8 Å². The summed E-state index contributed by atoms with van der Waals surface area (Å²) in [4.78, 5) is 17.4. The molecule has 0 unspecified atom stereocenters. The first-order valence-electron chi connectivity index (χ1n) is 11.3. The van der Waals surface area contributed by atoms with Gasteiger partial charge >= 0.3 is 0 Å². The molecule has 0 N–H and O–H groups in total. The molecule has 0 radical (unpaired) electrons. The highest BCUT2D eigenvalue weighted by Gasteiger charge is 2.21. The number of para-hydroxylation sites is 1. The monoisotopic (exact) mass is 444 g/mol. The van der Waals surface area contributed by atoms with E-state index in [1.54, 1.807) is 19.3 Å². The molecule has 0 atom stereocenters. The molecule has 1 saturated heterocycles. The number of rotatable bonds is 7. The number of methoxy groups -OCH3 is 1. The minimum Gasteiger partial charge on any atom is -0.496 e. The summed E-state index contributed by atoms with van der Waals surface area (Å²) in [5.74, 6) is 0.392. The molecule has 1 amide bonds. The Balaban J connectivity index is 1.47. The molecule has 1 aliphatic heterocycles. The third-order valence-electron chi connectivity index (χ3n) is 6.06. The fourth-order valence-electron chi connectivity index (χ4n) is 4.23. The van der Waals surface area contributed by atoms with Crippen molar-refractivity contribution in [1.82, 2.24) is 4.90 Å². The van der Waals surface area contributed by atoms with Gasteiger partial charge in [-0.05, 0) is 59.9 Å². The smallest absolute Gasteiger partial charge is 0.246 e. The number of aryl methyl sites for hydroxylation is 1. The molecule has 1 fully saturated rings. The summed E-state index contributed by atoms with van der Waals surface area (Å²) in [6.07, 6.45) is 2.94. The number of carbonyl (C=O) groups excluding carboxylic acids is 1. The number of benzene rings is 3. The van der Waals surface area contributed by atoms with Crippen molar-refractivity contribution in [2.45, 2.75) is 12.8 Å². The number of hydrogen-bond acceptors (Lipinski definition) is 3. The molecule has 3 aromatic carbocycles. The normalized spacial score (nSPS) is 14.3. The van der Waals surface area contributed by atoms with Gasteiger partial charge in [0.15, 0.2) is 0 Å². The molecule has 1 heterocycles. The minimum atomic E-state index is -0.289. The zero-order chi connectivity index (χ0) is 23.0. The van der Waals surface area contributed by atoms with Crippen LogP contribution in [0.25, 0.3) is 5.57 Å². The average molecular weight is 445 g/mol. The number of piperazine rings is 1. The molecule has 0 aromatic heterocycles. The van der Waals surface area contributed by atoms with Crippen LogP contribution < -0.4 is 9.64 Å². The van der Waals surface area contributed by atoms with Gasteiger partial charge in [0, 0.05) is 37.9 Å². The van der Waals surface area contributed by atoms with Crippen LogP contribution in [0.1, 0.15) is 17.5 Å². The fraction of sp³-hybridized carbons (Fsp3) is 0.250. The van der Waals surface area contributed by atoms with E-state index in [4.69, 9.17) is 4.74 Å². The summed E-state index contributed by atoms with van der Waals surface area (Å²) in [5, 5.41) is 0. The lowest BCUT2D eigenvalue weighted by Crippen LogP contribution is -2.48. The van der Waals surface area contributed by atoms with Crippen LogP contribution >= 0.6 is 0 Å². The van der Waals surface area contributed by atoms with E-state index < -0.39 is 0 Å². The molecule has 0 bridgehead atoms. The molecule has 170 valence electrons. The quantitative estimate of drug-likeness (QED) is 0.470. The first kappa shape index (κ1) is 22.6. The summed E-state index contributed by atoms with van der Waals surface area (Å²) in [6, 6.07) is 24.8. The number of ether oxygens (including phenoxy) is 1. The van der Waals surface area contributed by atoms with Crippen molar-refractivity contribution in [2.24, 2.45) is 0 Å². The maximum Gasteiger partial charge on any atom is 0.246 e. The molecule has 5 heteroatoms. The maximum absolute atomic E-state index is 13.8. The number of anilines is 1. The number of allylic oxidation sites excluding steroid dienone is 1. The van der Waals surface area contributed by atoms with Gasteiger partial charge in [-0.3, -0.25) is 4.79 Å². The van der Waals surface area contributed by atoms with Gasteiger partial charge in [-0.15, -0.1) is 0 Å². The number of nitrogens with zero attached hydrogens (tertiary/aromatic N) is 2. The Labute approximate surface area is 194 Å². The lowest BCUT2D eigenvalue weighted by atomic mass is 9.97. The van der Waals surface area contributed by atoms with Gasteiger partial charge in [0.2, 0.25) is 5.91 Å².